The predicted molar refractivity (Wildman–Crippen MR) is 96.4 cm³/mol. The summed E-state index contributed by atoms with van der Waals surface area (Å²) in [5.41, 5.74) is 0.437. The SMILES string of the molecule is COc1ccc(N2C(=O)C(O)=C(C(=O)C(C)C)C2c2ccco2)cc1Cl. The highest BCUT2D eigenvalue weighted by Crippen LogP contribution is 2.43. The number of rotatable bonds is 5. The van der Waals surface area contributed by atoms with Gasteiger partial charge in [-0.2, -0.15) is 0 Å². The normalized spacial score (nSPS) is 17.3. The summed E-state index contributed by atoms with van der Waals surface area (Å²) in [5, 5.41) is 10.7. The largest absolute Gasteiger partial charge is 0.503 e. The Morgan fingerprint density at radius 2 is 2.08 bits per heavy atom. The summed E-state index contributed by atoms with van der Waals surface area (Å²) in [6.45, 7) is 3.42. The van der Waals surface area contributed by atoms with Crippen LogP contribution in [-0.4, -0.2) is 23.9 Å². The van der Waals surface area contributed by atoms with Gasteiger partial charge in [-0.3, -0.25) is 14.5 Å². The molecule has 1 atom stereocenters. The van der Waals surface area contributed by atoms with Crippen LogP contribution in [0.1, 0.15) is 25.6 Å². The highest BCUT2D eigenvalue weighted by Gasteiger charge is 2.46. The summed E-state index contributed by atoms with van der Waals surface area (Å²) >= 11 is 6.18. The molecule has 0 saturated heterocycles. The number of benzene rings is 1. The smallest absolute Gasteiger partial charge is 0.294 e. The number of carbonyl (C=O) groups excluding carboxylic acids is 2. The average Bonchev–Trinajstić information content (AvgIpc) is 3.22. The molecule has 0 fully saturated rings. The molecule has 26 heavy (non-hydrogen) atoms. The van der Waals surface area contributed by atoms with Crippen LogP contribution in [0.4, 0.5) is 5.69 Å². The number of carbonyl (C=O) groups is 2. The van der Waals surface area contributed by atoms with Gasteiger partial charge in [0.2, 0.25) is 0 Å². The molecule has 136 valence electrons. The van der Waals surface area contributed by atoms with Crippen LogP contribution in [0.5, 0.6) is 5.75 Å². The van der Waals surface area contributed by atoms with Gasteiger partial charge in [-0.25, -0.2) is 0 Å². The molecule has 7 heteroatoms. The summed E-state index contributed by atoms with van der Waals surface area (Å²) in [4.78, 5) is 26.7. The molecule has 1 aromatic carbocycles. The van der Waals surface area contributed by atoms with Crippen molar-refractivity contribution in [2.45, 2.75) is 19.9 Å². The monoisotopic (exact) mass is 375 g/mol. The molecule has 6 nitrogen and oxygen atoms in total. The van der Waals surface area contributed by atoms with E-state index in [9.17, 15) is 14.7 Å². The molecule has 0 bridgehead atoms. The summed E-state index contributed by atoms with van der Waals surface area (Å²) in [7, 11) is 1.49. The molecular weight excluding hydrogens is 358 g/mol. The third kappa shape index (κ3) is 2.86. The van der Waals surface area contributed by atoms with E-state index in [0.29, 0.717) is 22.2 Å². The average molecular weight is 376 g/mol. The van der Waals surface area contributed by atoms with Crippen LogP contribution in [0.3, 0.4) is 0 Å². The van der Waals surface area contributed by atoms with E-state index in [4.69, 9.17) is 20.8 Å². The number of amides is 1. The number of nitrogens with zero attached hydrogens (tertiary/aromatic N) is 1. The molecule has 0 aliphatic carbocycles. The first-order chi connectivity index (χ1) is 12.4. The van der Waals surface area contributed by atoms with Crippen LogP contribution in [0.25, 0.3) is 0 Å². The first-order valence-electron chi connectivity index (χ1n) is 8.04. The third-order valence-electron chi connectivity index (χ3n) is 4.22. The Morgan fingerprint density at radius 3 is 2.62 bits per heavy atom. The number of methoxy groups -OCH3 is 1. The molecular formula is C19H18ClNO5. The van der Waals surface area contributed by atoms with Crippen molar-refractivity contribution < 1.29 is 23.8 Å². The van der Waals surface area contributed by atoms with Crippen LogP contribution >= 0.6 is 11.6 Å². The van der Waals surface area contributed by atoms with Gasteiger partial charge in [0, 0.05) is 11.6 Å². The summed E-state index contributed by atoms with van der Waals surface area (Å²) in [6, 6.07) is 7.24. The minimum absolute atomic E-state index is 0.0203. The van der Waals surface area contributed by atoms with Gasteiger partial charge in [0.25, 0.3) is 5.91 Å². The fourth-order valence-electron chi connectivity index (χ4n) is 2.96. The molecule has 1 N–H and O–H groups in total. The van der Waals surface area contributed by atoms with E-state index in [0.717, 1.165) is 0 Å². The molecule has 1 aromatic heterocycles. The lowest BCUT2D eigenvalue weighted by molar-refractivity contribution is -0.119. The van der Waals surface area contributed by atoms with Crippen LogP contribution < -0.4 is 9.64 Å². The quantitative estimate of drug-likeness (QED) is 0.852. The molecule has 1 amide bonds. The molecule has 1 aliphatic heterocycles. The number of hydrogen-bond donors (Lipinski definition) is 1. The summed E-state index contributed by atoms with van der Waals surface area (Å²) in [5.74, 6) is -1.14. The molecule has 1 unspecified atom stereocenters. The highest BCUT2D eigenvalue weighted by atomic mass is 35.5. The Hall–Kier alpha value is -2.73. The van der Waals surface area contributed by atoms with E-state index in [1.807, 2.05) is 0 Å². The molecule has 1 aliphatic rings. The zero-order chi connectivity index (χ0) is 19.0. The number of hydrogen-bond acceptors (Lipinski definition) is 5. The second-order valence-corrected chi connectivity index (χ2v) is 6.60. The van der Waals surface area contributed by atoms with Gasteiger partial charge in [0.1, 0.15) is 17.6 Å². The van der Waals surface area contributed by atoms with Gasteiger partial charge in [-0.1, -0.05) is 25.4 Å². The van der Waals surface area contributed by atoms with Crippen LogP contribution in [0.2, 0.25) is 5.02 Å². The molecule has 0 saturated carbocycles. The topological polar surface area (TPSA) is 80.0 Å². The van der Waals surface area contributed by atoms with Gasteiger partial charge in [0.05, 0.1) is 24.0 Å². The number of Topliss-reactive ketones (excluding diaryl/α,β-unsaturated/α-hetero) is 1. The van der Waals surface area contributed by atoms with Crippen molar-refractivity contribution in [1.82, 2.24) is 0 Å². The van der Waals surface area contributed by atoms with E-state index in [1.54, 1.807) is 44.2 Å². The maximum Gasteiger partial charge on any atom is 0.294 e. The number of halogens is 1. The Morgan fingerprint density at radius 1 is 1.35 bits per heavy atom. The fraction of sp³-hybridized carbons (Fsp3) is 0.263. The maximum atomic E-state index is 12.8. The van der Waals surface area contributed by atoms with Gasteiger partial charge < -0.3 is 14.3 Å². The number of ether oxygens (including phenoxy) is 1. The van der Waals surface area contributed by atoms with Crippen molar-refractivity contribution in [3.05, 3.63) is 58.7 Å². The van der Waals surface area contributed by atoms with E-state index >= 15 is 0 Å². The fourth-order valence-corrected chi connectivity index (χ4v) is 3.21. The van der Waals surface area contributed by atoms with Gasteiger partial charge in [-0.15, -0.1) is 0 Å². The Kier molecular flexibility index (Phi) is 4.78. The number of aliphatic hydroxyl groups excluding tert-OH is 1. The van der Waals surface area contributed by atoms with Crippen molar-refractivity contribution in [2.24, 2.45) is 5.92 Å². The first-order valence-corrected chi connectivity index (χ1v) is 8.42. The highest BCUT2D eigenvalue weighted by molar-refractivity contribution is 6.32. The molecule has 2 heterocycles. The first kappa shape index (κ1) is 18.1. The summed E-state index contributed by atoms with van der Waals surface area (Å²) < 4.78 is 10.6. The third-order valence-corrected chi connectivity index (χ3v) is 4.52. The predicted octanol–water partition coefficient (Wildman–Crippen LogP) is 4.07. The van der Waals surface area contributed by atoms with Crippen molar-refractivity contribution in [3.63, 3.8) is 0 Å². The summed E-state index contributed by atoms with van der Waals surface area (Å²) in [6.07, 6.45) is 1.45. The minimum atomic E-state index is -0.864. The zero-order valence-electron chi connectivity index (χ0n) is 14.5. The van der Waals surface area contributed by atoms with Crippen LogP contribution in [-0.2, 0) is 9.59 Å². The van der Waals surface area contributed by atoms with Gasteiger partial charge in [0.15, 0.2) is 11.5 Å². The van der Waals surface area contributed by atoms with Crippen LogP contribution in [0.15, 0.2) is 52.3 Å². The van der Waals surface area contributed by atoms with Crippen molar-refractivity contribution in [1.29, 1.82) is 0 Å². The van der Waals surface area contributed by atoms with Crippen LogP contribution in [0, 0.1) is 5.92 Å². The number of anilines is 1. The lowest BCUT2D eigenvalue weighted by atomic mass is 9.94. The number of aliphatic hydroxyl groups is 1. The van der Waals surface area contributed by atoms with E-state index in [-0.39, 0.29) is 11.4 Å². The van der Waals surface area contributed by atoms with Crippen molar-refractivity contribution in [3.8, 4) is 5.75 Å². The molecule has 3 rings (SSSR count). The Balaban J connectivity index is 2.15. The molecule has 2 aromatic rings. The lowest BCUT2D eigenvalue weighted by Gasteiger charge is -2.25. The van der Waals surface area contributed by atoms with Crippen molar-refractivity contribution in [2.75, 3.05) is 12.0 Å². The van der Waals surface area contributed by atoms with Gasteiger partial charge >= 0.3 is 0 Å². The molecule has 0 spiro atoms. The number of furan rings is 1. The zero-order valence-corrected chi connectivity index (χ0v) is 15.3. The van der Waals surface area contributed by atoms with E-state index < -0.39 is 23.6 Å². The van der Waals surface area contributed by atoms with E-state index in [1.165, 1.54) is 18.3 Å². The van der Waals surface area contributed by atoms with Crippen molar-refractivity contribution >= 4 is 29.0 Å². The second-order valence-electron chi connectivity index (χ2n) is 6.19. The minimum Gasteiger partial charge on any atom is -0.503 e. The second kappa shape index (κ2) is 6.88. The maximum absolute atomic E-state index is 12.8. The molecule has 0 radical (unpaired) electrons. The Labute approximate surface area is 155 Å². The number of ketones is 1. The van der Waals surface area contributed by atoms with Gasteiger partial charge in [-0.05, 0) is 30.3 Å². The standard InChI is InChI=1S/C19H18ClNO5/c1-10(2)17(22)15-16(14-5-4-8-26-14)21(19(24)18(15)23)11-6-7-13(25-3)12(20)9-11/h4-10,16,23H,1-3H3. The van der Waals surface area contributed by atoms with E-state index in [2.05, 4.69) is 0 Å². The Bertz CT molecular complexity index is 885. The lowest BCUT2D eigenvalue weighted by Crippen LogP contribution is -2.31.